The summed E-state index contributed by atoms with van der Waals surface area (Å²) in [7, 11) is -5.35. The van der Waals surface area contributed by atoms with Gasteiger partial charge in [-0.3, -0.25) is 4.72 Å². The molecular formula is C12H18N2O5S2. The smallest absolute Gasteiger partial charge is 0.233 e. The van der Waals surface area contributed by atoms with Gasteiger partial charge in [0.1, 0.15) is 0 Å². The number of nitrogens with one attached hydrogen (secondary N) is 2. The normalized spacial score (nSPS) is 12.7. The fourth-order valence-corrected chi connectivity index (χ4v) is 2.74. The number of benzene rings is 1. The number of sulfonamides is 2. The Labute approximate surface area is 125 Å². The average molecular weight is 334 g/mol. The lowest BCUT2D eigenvalue weighted by Gasteiger charge is -2.04. The van der Waals surface area contributed by atoms with Gasteiger partial charge < -0.3 is 4.74 Å². The number of hydrogen-bond donors (Lipinski definition) is 2. The van der Waals surface area contributed by atoms with Crippen LogP contribution in [-0.2, 0) is 24.8 Å². The van der Waals surface area contributed by atoms with Gasteiger partial charge in [0.05, 0.1) is 12.9 Å². The number of hydrogen-bond acceptors (Lipinski definition) is 5. The second-order valence-corrected chi connectivity index (χ2v) is 7.63. The van der Waals surface area contributed by atoms with Gasteiger partial charge in [-0.15, -0.1) is 0 Å². The first-order valence-corrected chi connectivity index (χ1v) is 9.40. The van der Waals surface area contributed by atoms with Crippen molar-refractivity contribution in [1.29, 1.82) is 0 Å². The predicted molar refractivity (Wildman–Crippen MR) is 82.7 cm³/mol. The maximum atomic E-state index is 11.6. The van der Waals surface area contributed by atoms with Crippen LogP contribution in [0, 0.1) is 0 Å². The van der Waals surface area contributed by atoms with Gasteiger partial charge in [0, 0.05) is 24.7 Å². The van der Waals surface area contributed by atoms with Gasteiger partial charge in [-0.1, -0.05) is 12.1 Å². The summed E-state index contributed by atoms with van der Waals surface area (Å²) < 4.78 is 54.7. The maximum absolute atomic E-state index is 11.6. The van der Waals surface area contributed by atoms with Crippen molar-refractivity contribution in [2.45, 2.75) is 0 Å². The molecule has 0 bridgehead atoms. The second kappa shape index (κ2) is 7.55. The summed E-state index contributed by atoms with van der Waals surface area (Å²) in [5, 5.41) is 1.04. The highest BCUT2D eigenvalue weighted by molar-refractivity contribution is 7.92. The molecule has 9 heteroatoms. The topological polar surface area (TPSA) is 102 Å². The zero-order valence-corrected chi connectivity index (χ0v) is 13.4. The fourth-order valence-electron chi connectivity index (χ4n) is 1.38. The Morgan fingerprint density at radius 3 is 2.29 bits per heavy atom. The third-order valence-corrected chi connectivity index (χ3v) is 3.97. The van der Waals surface area contributed by atoms with Crippen molar-refractivity contribution in [3.8, 4) is 0 Å². The van der Waals surface area contributed by atoms with Crippen LogP contribution in [0.2, 0.25) is 0 Å². The van der Waals surface area contributed by atoms with Gasteiger partial charge in [-0.05, 0) is 23.8 Å². The third kappa shape index (κ3) is 7.81. The Hall–Kier alpha value is -1.42. The lowest BCUT2D eigenvalue weighted by atomic mass is 10.2. The van der Waals surface area contributed by atoms with E-state index >= 15 is 0 Å². The van der Waals surface area contributed by atoms with Gasteiger partial charge in [0.2, 0.25) is 20.0 Å². The van der Waals surface area contributed by atoms with Crippen LogP contribution in [0.25, 0.3) is 6.08 Å². The summed E-state index contributed by atoms with van der Waals surface area (Å²) in [5.74, 6) is 0. The van der Waals surface area contributed by atoms with E-state index in [1.165, 1.54) is 13.2 Å². The second-order valence-electron chi connectivity index (χ2n) is 4.23. The molecule has 0 fully saturated rings. The summed E-state index contributed by atoms with van der Waals surface area (Å²) in [6.45, 7) is 0.485. The predicted octanol–water partition coefficient (Wildman–Crippen LogP) is 0.595. The highest BCUT2D eigenvalue weighted by Gasteiger charge is 2.04. The molecule has 0 aliphatic heterocycles. The van der Waals surface area contributed by atoms with Crippen LogP contribution in [0.3, 0.4) is 0 Å². The SMILES string of the molecule is COCCNS(=O)(=O)/C=C/c1ccc(NS(C)(=O)=O)cc1. The molecule has 0 saturated heterocycles. The van der Waals surface area contributed by atoms with Gasteiger partial charge in [-0.25, -0.2) is 21.6 Å². The summed E-state index contributed by atoms with van der Waals surface area (Å²) in [5.41, 5.74) is 1.04. The first-order valence-electron chi connectivity index (χ1n) is 5.96. The van der Waals surface area contributed by atoms with Gasteiger partial charge in [0.15, 0.2) is 0 Å². The molecular weight excluding hydrogens is 316 g/mol. The van der Waals surface area contributed by atoms with Crippen molar-refractivity contribution >= 4 is 31.8 Å². The highest BCUT2D eigenvalue weighted by Crippen LogP contribution is 2.12. The van der Waals surface area contributed by atoms with Gasteiger partial charge in [0.25, 0.3) is 0 Å². The molecule has 0 aromatic heterocycles. The molecule has 0 aliphatic rings. The van der Waals surface area contributed by atoms with E-state index in [9.17, 15) is 16.8 Å². The molecule has 7 nitrogen and oxygen atoms in total. The van der Waals surface area contributed by atoms with Crippen molar-refractivity contribution in [3.63, 3.8) is 0 Å². The molecule has 0 heterocycles. The molecule has 21 heavy (non-hydrogen) atoms. The number of ether oxygens (including phenoxy) is 1. The van der Waals surface area contributed by atoms with Crippen molar-refractivity contribution in [2.24, 2.45) is 0 Å². The van der Waals surface area contributed by atoms with Gasteiger partial charge >= 0.3 is 0 Å². The zero-order chi connectivity index (χ0) is 15.9. The lowest BCUT2D eigenvalue weighted by molar-refractivity contribution is 0.204. The summed E-state index contributed by atoms with van der Waals surface area (Å²) in [6.07, 6.45) is 2.47. The third-order valence-electron chi connectivity index (χ3n) is 2.26. The highest BCUT2D eigenvalue weighted by atomic mass is 32.2. The molecule has 0 aliphatic carbocycles. The molecule has 1 aromatic rings. The van der Waals surface area contributed by atoms with Crippen molar-refractivity contribution in [2.75, 3.05) is 31.2 Å². The monoisotopic (exact) mass is 334 g/mol. The van der Waals surface area contributed by atoms with Crippen LogP contribution in [-0.4, -0.2) is 43.4 Å². The van der Waals surface area contributed by atoms with E-state index in [0.29, 0.717) is 17.9 Å². The largest absolute Gasteiger partial charge is 0.383 e. The van der Waals surface area contributed by atoms with E-state index in [1.54, 1.807) is 24.3 Å². The Kier molecular flexibility index (Phi) is 6.34. The Morgan fingerprint density at radius 1 is 1.14 bits per heavy atom. The molecule has 0 saturated carbocycles. The van der Waals surface area contributed by atoms with E-state index in [0.717, 1.165) is 11.7 Å². The van der Waals surface area contributed by atoms with Crippen molar-refractivity contribution < 1.29 is 21.6 Å². The minimum absolute atomic E-state index is 0.195. The molecule has 118 valence electrons. The molecule has 0 amide bonds. The summed E-state index contributed by atoms with van der Waals surface area (Å²) in [4.78, 5) is 0. The van der Waals surface area contributed by atoms with E-state index in [-0.39, 0.29) is 6.54 Å². The maximum Gasteiger partial charge on any atom is 0.233 e. The average Bonchev–Trinajstić information content (AvgIpc) is 2.36. The first-order chi connectivity index (χ1) is 9.72. The Morgan fingerprint density at radius 2 is 1.76 bits per heavy atom. The summed E-state index contributed by atoms with van der Waals surface area (Å²) >= 11 is 0. The molecule has 2 N–H and O–H groups in total. The minimum Gasteiger partial charge on any atom is -0.383 e. The molecule has 0 atom stereocenters. The minimum atomic E-state index is -3.51. The first kappa shape index (κ1) is 17.6. The number of methoxy groups -OCH3 is 1. The van der Waals surface area contributed by atoms with Crippen LogP contribution in [0.15, 0.2) is 29.7 Å². The van der Waals surface area contributed by atoms with E-state index in [1.807, 2.05) is 0 Å². The van der Waals surface area contributed by atoms with E-state index in [4.69, 9.17) is 4.74 Å². The summed E-state index contributed by atoms with van der Waals surface area (Å²) in [6, 6.07) is 6.31. The standard InChI is InChI=1S/C12H18N2O5S2/c1-19-9-8-13-21(17,18)10-7-11-3-5-12(6-4-11)14-20(2,15)16/h3-7,10,13-14H,8-9H2,1-2H3/b10-7+. The van der Waals surface area contributed by atoms with Crippen LogP contribution >= 0.6 is 0 Å². The van der Waals surface area contributed by atoms with Crippen LogP contribution in [0.5, 0.6) is 0 Å². The quantitative estimate of drug-likeness (QED) is 0.678. The zero-order valence-electron chi connectivity index (χ0n) is 11.7. The van der Waals surface area contributed by atoms with Crippen LogP contribution in [0.4, 0.5) is 5.69 Å². The lowest BCUT2D eigenvalue weighted by Crippen LogP contribution is -2.24. The fraction of sp³-hybridized carbons (Fsp3) is 0.333. The van der Waals surface area contributed by atoms with E-state index < -0.39 is 20.0 Å². The molecule has 1 rings (SSSR count). The molecule has 0 radical (unpaired) electrons. The molecule has 0 unspecified atom stereocenters. The van der Waals surface area contributed by atoms with Crippen LogP contribution < -0.4 is 9.44 Å². The number of anilines is 1. The Balaban J connectivity index is 2.69. The Bertz CT molecular complexity index is 679. The van der Waals surface area contributed by atoms with Crippen molar-refractivity contribution in [3.05, 3.63) is 35.2 Å². The van der Waals surface area contributed by atoms with Crippen molar-refractivity contribution in [1.82, 2.24) is 4.72 Å². The molecule has 1 aromatic carbocycles. The van der Waals surface area contributed by atoms with Gasteiger partial charge in [-0.2, -0.15) is 0 Å². The molecule has 0 spiro atoms. The van der Waals surface area contributed by atoms with E-state index in [2.05, 4.69) is 9.44 Å². The van der Waals surface area contributed by atoms with Crippen LogP contribution in [0.1, 0.15) is 5.56 Å². The number of rotatable bonds is 8.